The fourth-order valence-corrected chi connectivity index (χ4v) is 4.37. The van der Waals surface area contributed by atoms with Crippen molar-refractivity contribution in [2.24, 2.45) is 5.73 Å². The molecule has 2 aliphatic rings. The van der Waals surface area contributed by atoms with Crippen LogP contribution < -0.4 is 5.73 Å². The molecule has 3 nitrogen and oxygen atoms in total. The first-order valence-electron chi connectivity index (χ1n) is 8.34. The van der Waals surface area contributed by atoms with E-state index >= 15 is 0 Å². The lowest BCUT2D eigenvalue weighted by Gasteiger charge is -2.38. The molecule has 0 bridgehead atoms. The average molecular weight is 287 g/mol. The highest BCUT2D eigenvalue weighted by atomic mass is 15.3. The molecule has 3 heteroatoms. The summed E-state index contributed by atoms with van der Waals surface area (Å²) in [5.41, 5.74) is 11.9. The van der Waals surface area contributed by atoms with Gasteiger partial charge in [0.1, 0.15) is 0 Å². The summed E-state index contributed by atoms with van der Waals surface area (Å²) >= 11 is 0. The molecule has 0 spiro atoms. The van der Waals surface area contributed by atoms with Gasteiger partial charge in [0.05, 0.1) is 0 Å². The van der Waals surface area contributed by atoms with E-state index in [1.807, 2.05) is 0 Å². The standard InChI is InChI=1S/C18H29N3/c1-13-9-14(2)18(15(3)10-13)17(19)12-20-7-8-21-6-4-5-16(21)11-20/h9-10,16-17H,4-8,11-12,19H2,1-3H3. The minimum atomic E-state index is 0.138. The summed E-state index contributed by atoms with van der Waals surface area (Å²) in [6, 6.07) is 5.44. The van der Waals surface area contributed by atoms with E-state index in [0.717, 1.165) is 12.6 Å². The first-order chi connectivity index (χ1) is 10.0. The lowest BCUT2D eigenvalue weighted by Crippen LogP contribution is -2.51. The summed E-state index contributed by atoms with van der Waals surface area (Å²) < 4.78 is 0. The monoisotopic (exact) mass is 287 g/mol. The Kier molecular flexibility index (Phi) is 4.34. The molecule has 2 fully saturated rings. The summed E-state index contributed by atoms with van der Waals surface area (Å²) in [5, 5.41) is 0. The first kappa shape index (κ1) is 15.0. The lowest BCUT2D eigenvalue weighted by molar-refractivity contribution is 0.0997. The molecule has 2 aliphatic heterocycles. The van der Waals surface area contributed by atoms with Crippen LogP contribution >= 0.6 is 0 Å². The first-order valence-corrected chi connectivity index (χ1v) is 8.34. The van der Waals surface area contributed by atoms with Crippen LogP contribution in [0.4, 0.5) is 0 Å². The van der Waals surface area contributed by atoms with Crippen LogP contribution in [0.3, 0.4) is 0 Å². The zero-order chi connectivity index (χ0) is 15.0. The van der Waals surface area contributed by atoms with Gasteiger partial charge in [-0.3, -0.25) is 9.80 Å². The highest BCUT2D eigenvalue weighted by molar-refractivity contribution is 5.39. The third kappa shape index (κ3) is 3.15. The third-order valence-corrected chi connectivity index (χ3v) is 5.24. The van der Waals surface area contributed by atoms with Crippen LogP contribution in [-0.4, -0.2) is 48.6 Å². The average Bonchev–Trinajstić information content (AvgIpc) is 2.84. The lowest BCUT2D eigenvalue weighted by atomic mass is 9.94. The van der Waals surface area contributed by atoms with Gasteiger partial charge in [-0.25, -0.2) is 0 Å². The van der Waals surface area contributed by atoms with E-state index in [-0.39, 0.29) is 6.04 Å². The molecule has 2 saturated heterocycles. The molecule has 2 atom stereocenters. The SMILES string of the molecule is Cc1cc(C)c(C(N)CN2CCN3CCCC3C2)c(C)c1. The molecule has 2 unspecified atom stereocenters. The topological polar surface area (TPSA) is 32.5 Å². The third-order valence-electron chi connectivity index (χ3n) is 5.24. The molecular formula is C18H29N3. The molecular weight excluding hydrogens is 258 g/mol. The number of hydrogen-bond acceptors (Lipinski definition) is 3. The number of nitrogens with two attached hydrogens (primary N) is 1. The van der Waals surface area contributed by atoms with E-state index in [1.54, 1.807) is 0 Å². The van der Waals surface area contributed by atoms with Crippen molar-refractivity contribution < 1.29 is 0 Å². The summed E-state index contributed by atoms with van der Waals surface area (Å²) in [4.78, 5) is 5.24. The zero-order valence-electron chi connectivity index (χ0n) is 13.7. The normalized spacial score (nSPS) is 25.0. The summed E-state index contributed by atoms with van der Waals surface area (Å²) in [7, 11) is 0. The van der Waals surface area contributed by atoms with E-state index in [9.17, 15) is 0 Å². The minimum absolute atomic E-state index is 0.138. The van der Waals surface area contributed by atoms with Gasteiger partial charge in [0.25, 0.3) is 0 Å². The molecule has 116 valence electrons. The van der Waals surface area contributed by atoms with Crippen molar-refractivity contribution in [2.75, 3.05) is 32.7 Å². The highest BCUT2D eigenvalue weighted by Crippen LogP contribution is 2.25. The van der Waals surface area contributed by atoms with Crippen LogP contribution in [0.1, 0.15) is 41.1 Å². The molecule has 2 heterocycles. The number of piperazine rings is 1. The fraction of sp³-hybridized carbons (Fsp3) is 0.667. The second-order valence-electron chi connectivity index (χ2n) is 7.01. The maximum Gasteiger partial charge on any atom is 0.0429 e. The number of rotatable bonds is 3. The fourth-order valence-electron chi connectivity index (χ4n) is 4.37. The van der Waals surface area contributed by atoms with Gasteiger partial charge < -0.3 is 5.73 Å². The molecule has 0 saturated carbocycles. The summed E-state index contributed by atoms with van der Waals surface area (Å²) in [5.74, 6) is 0. The van der Waals surface area contributed by atoms with Crippen molar-refractivity contribution in [1.82, 2.24) is 9.80 Å². The van der Waals surface area contributed by atoms with Crippen LogP contribution in [0.2, 0.25) is 0 Å². The van der Waals surface area contributed by atoms with Crippen molar-refractivity contribution in [1.29, 1.82) is 0 Å². The second-order valence-corrected chi connectivity index (χ2v) is 7.01. The summed E-state index contributed by atoms with van der Waals surface area (Å²) in [6.45, 7) is 12.5. The van der Waals surface area contributed by atoms with Crippen molar-refractivity contribution in [3.8, 4) is 0 Å². The van der Waals surface area contributed by atoms with Crippen LogP contribution in [0.25, 0.3) is 0 Å². The van der Waals surface area contributed by atoms with Gasteiger partial charge in [0.2, 0.25) is 0 Å². The predicted octanol–water partition coefficient (Wildman–Crippen LogP) is 2.39. The van der Waals surface area contributed by atoms with E-state index in [1.165, 1.54) is 61.3 Å². The molecule has 2 N–H and O–H groups in total. The van der Waals surface area contributed by atoms with E-state index in [4.69, 9.17) is 5.73 Å². The highest BCUT2D eigenvalue weighted by Gasteiger charge is 2.31. The van der Waals surface area contributed by atoms with Gasteiger partial charge in [-0.05, 0) is 56.8 Å². The Hall–Kier alpha value is -0.900. The Morgan fingerprint density at radius 2 is 1.86 bits per heavy atom. The molecule has 0 aromatic heterocycles. The molecule has 3 rings (SSSR count). The minimum Gasteiger partial charge on any atom is -0.323 e. The molecule has 0 amide bonds. The van der Waals surface area contributed by atoms with E-state index < -0.39 is 0 Å². The Labute approximate surface area is 129 Å². The van der Waals surface area contributed by atoms with Crippen molar-refractivity contribution in [3.63, 3.8) is 0 Å². The smallest absolute Gasteiger partial charge is 0.0429 e. The van der Waals surface area contributed by atoms with Crippen LogP contribution in [0, 0.1) is 20.8 Å². The van der Waals surface area contributed by atoms with E-state index in [0.29, 0.717) is 0 Å². The van der Waals surface area contributed by atoms with Crippen LogP contribution in [0.15, 0.2) is 12.1 Å². The maximum absolute atomic E-state index is 6.56. The Morgan fingerprint density at radius 1 is 1.14 bits per heavy atom. The van der Waals surface area contributed by atoms with Gasteiger partial charge in [-0.15, -0.1) is 0 Å². The van der Waals surface area contributed by atoms with Gasteiger partial charge in [0, 0.05) is 38.3 Å². The Bertz CT molecular complexity index is 488. The largest absolute Gasteiger partial charge is 0.323 e. The van der Waals surface area contributed by atoms with Crippen molar-refractivity contribution in [2.45, 2.75) is 45.7 Å². The van der Waals surface area contributed by atoms with Crippen LogP contribution in [-0.2, 0) is 0 Å². The van der Waals surface area contributed by atoms with Gasteiger partial charge in [0.15, 0.2) is 0 Å². The quantitative estimate of drug-likeness (QED) is 0.926. The van der Waals surface area contributed by atoms with E-state index in [2.05, 4.69) is 42.7 Å². The van der Waals surface area contributed by atoms with Crippen molar-refractivity contribution in [3.05, 3.63) is 34.4 Å². The molecule has 0 aliphatic carbocycles. The molecule has 1 aromatic rings. The van der Waals surface area contributed by atoms with Gasteiger partial charge >= 0.3 is 0 Å². The number of hydrogen-bond donors (Lipinski definition) is 1. The van der Waals surface area contributed by atoms with Gasteiger partial charge in [-0.2, -0.15) is 0 Å². The zero-order valence-corrected chi connectivity index (χ0v) is 13.7. The summed E-state index contributed by atoms with van der Waals surface area (Å²) in [6.07, 6.45) is 2.75. The number of benzene rings is 1. The molecule has 1 aromatic carbocycles. The number of fused-ring (bicyclic) bond motifs is 1. The molecule has 21 heavy (non-hydrogen) atoms. The number of aryl methyl sites for hydroxylation is 3. The van der Waals surface area contributed by atoms with Crippen molar-refractivity contribution >= 4 is 0 Å². The second kappa shape index (κ2) is 6.07. The molecule has 0 radical (unpaired) electrons. The predicted molar refractivity (Wildman–Crippen MR) is 88.6 cm³/mol. The van der Waals surface area contributed by atoms with Gasteiger partial charge in [-0.1, -0.05) is 17.7 Å². The Balaban J connectivity index is 1.68. The number of nitrogens with zero attached hydrogens (tertiary/aromatic N) is 2. The maximum atomic E-state index is 6.56. The van der Waals surface area contributed by atoms with Crippen LogP contribution in [0.5, 0.6) is 0 Å². The Morgan fingerprint density at radius 3 is 2.57 bits per heavy atom.